The topological polar surface area (TPSA) is 32.1 Å². The monoisotopic (exact) mass is 207 g/mol. The molecule has 2 heterocycles. The van der Waals surface area contributed by atoms with Gasteiger partial charge in [-0.25, -0.2) is 0 Å². The van der Waals surface area contributed by atoms with Crippen LogP contribution >= 0.6 is 0 Å². The summed E-state index contributed by atoms with van der Waals surface area (Å²) in [6.45, 7) is 1.48. The van der Waals surface area contributed by atoms with Crippen molar-refractivity contribution in [3.63, 3.8) is 0 Å². The van der Waals surface area contributed by atoms with Crippen LogP contribution in [0.3, 0.4) is 0 Å². The summed E-state index contributed by atoms with van der Waals surface area (Å²) < 4.78 is 1.26. The molecule has 0 amide bonds. The van der Waals surface area contributed by atoms with Crippen molar-refractivity contribution >= 4 is 0 Å². The Morgan fingerprint density at radius 1 is 1.13 bits per heavy atom. The van der Waals surface area contributed by atoms with Gasteiger partial charge in [0.1, 0.15) is 0 Å². The second-order valence-electron chi connectivity index (χ2n) is 5.26. The molecule has 1 N–H and O–H groups in total. The smallest absolute Gasteiger partial charge is 0.198 e. The Bertz CT molecular complexity index is 300. The molecule has 0 aromatic heterocycles. The predicted octanol–water partition coefficient (Wildman–Crippen LogP) is 1.69. The first-order valence-electron chi connectivity index (χ1n) is 6.19. The van der Waals surface area contributed by atoms with E-state index in [1.54, 1.807) is 0 Å². The molecule has 0 aromatic carbocycles. The Balaban J connectivity index is 1.85. The fourth-order valence-corrected chi connectivity index (χ4v) is 3.65. The van der Waals surface area contributed by atoms with Crippen LogP contribution in [0.25, 0.3) is 0 Å². The summed E-state index contributed by atoms with van der Waals surface area (Å²) in [5.41, 5.74) is 0. The number of rotatable bonds is 0. The zero-order valence-corrected chi connectivity index (χ0v) is 9.06. The molecule has 82 valence electrons. The maximum atomic E-state index is 11.5. The van der Waals surface area contributed by atoms with Crippen molar-refractivity contribution in [2.45, 2.75) is 31.7 Å². The minimum Gasteiger partial charge on any atom is -0.388 e. The molecule has 1 aliphatic carbocycles. The fourth-order valence-electron chi connectivity index (χ4n) is 3.65. The number of nitrogens with one attached hydrogen (secondary N) is 1. The van der Waals surface area contributed by atoms with Crippen LogP contribution in [-0.2, 0) is 0 Å². The normalized spacial score (nSPS) is 44.1. The predicted molar refractivity (Wildman–Crippen MR) is 58.4 cm³/mol. The third-order valence-corrected chi connectivity index (χ3v) is 4.40. The average Bonchev–Trinajstić information content (AvgIpc) is 2.52. The average molecular weight is 207 g/mol. The Hall–Kier alpha value is -0.860. The van der Waals surface area contributed by atoms with Gasteiger partial charge < -0.3 is 5.32 Å². The SMILES string of the molecule is O=[N+]1CC2C=CNC3CCCCC3C2C1. The van der Waals surface area contributed by atoms with Gasteiger partial charge >= 0.3 is 0 Å². The van der Waals surface area contributed by atoms with E-state index in [4.69, 9.17) is 0 Å². The standard InChI is InChI=1S/C12H19N2O/c15-14-7-9-5-6-13-12-4-2-1-3-10(12)11(9)8-14/h5-6,9-13H,1-4,7-8H2/q+1. The summed E-state index contributed by atoms with van der Waals surface area (Å²) in [5.74, 6) is 1.85. The number of nitrogens with zero attached hydrogens (tertiary/aromatic N) is 1. The van der Waals surface area contributed by atoms with Crippen molar-refractivity contribution in [2.75, 3.05) is 13.1 Å². The molecule has 0 radical (unpaired) electrons. The van der Waals surface area contributed by atoms with Gasteiger partial charge in [-0.3, -0.25) is 0 Å². The lowest BCUT2D eigenvalue weighted by Crippen LogP contribution is -2.39. The Kier molecular flexibility index (Phi) is 2.26. The van der Waals surface area contributed by atoms with E-state index >= 15 is 0 Å². The molecule has 4 unspecified atom stereocenters. The molecule has 4 atom stereocenters. The molecule has 0 spiro atoms. The third-order valence-electron chi connectivity index (χ3n) is 4.40. The van der Waals surface area contributed by atoms with Gasteiger partial charge in [-0.2, -0.15) is 0 Å². The summed E-state index contributed by atoms with van der Waals surface area (Å²) in [4.78, 5) is 11.5. The highest BCUT2D eigenvalue weighted by Crippen LogP contribution is 2.39. The van der Waals surface area contributed by atoms with E-state index in [1.165, 1.54) is 30.4 Å². The first kappa shape index (κ1) is 9.37. The molecule has 0 bridgehead atoms. The molecule has 15 heavy (non-hydrogen) atoms. The van der Waals surface area contributed by atoms with Crippen LogP contribution in [0, 0.1) is 22.7 Å². The van der Waals surface area contributed by atoms with Crippen molar-refractivity contribution in [1.29, 1.82) is 0 Å². The molecule has 3 heteroatoms. The number of nitroso groups, excluding NO2 is 1. The van der Waals surface area contributed by atoms with E-state index in [0.717, 1.165) is 12.5 Å². The van der Waals surface area contributed by atoms with Gasteiger partial charge in [0.05, 0.1) is 5.92 Å². The van der Waals surface area contributed by atoms with Crippen molar-refractivity contribution < 1.29 is 4.76 Å². The quantitative estimate of drug-likeness (QED) is 0.613. The zero-order chi connectivity index (χ0) is 10.3. The zero-order valence-electron chi connectivity index (χ0n) is 9.06. The van der Waals surface area contributed by atoms with Crippen LogP contribution in [0.4, 0.5) is 0 Å². The van der Waals surface area contributed by atoms with Crippen LogP contribution in [0.15, 0.2) is 12.3 Å². The lowest BCUT2D eigenvalue weighted by Gasteiger charge is -2.33. The maximum absolute atomic E-state index is 11.5. The van der Waals surface area contributed by atoms with Gasteiger partial charge in [-0.05, 0) is 29.7 Å². The highest BCUT2D eigenvalue weighted by molar-refractivity contribution is 5.03. The van der Waals surface area contributed by atoms with Gasteiger partial charge in [0.15, 0.2) is 13.1 Å². The van der Waals surface area contributed by atoms with Crippen molar-refractivity contribution in [3.05, 3.63) is 17.2 Å². The summed E-state index contributed by atoms with van der Waals surface area (Å²) in [6.07, 6.45) is 9.63. The molecule has 1 saturated heterocycles. The first-order chi connectivity index (χ1) is 7.34. The van der Waals surface area contributed by atoms with Gasteiger partial charge in [0.25, 0.3) is 0 Å². The third kappa shape index (κ3) is 1.58. The molecule has 3 rings (SSSR count). The Labute approximate surface area is 90.5 Å². The van der Waals surface area contributed by atoms with E-state index in [0.29, 0.717) is 24.4 Å². The lowest BCUT2D eigenvalue weighted by molar-refractivity contribution is -0.532. The van der Waals surface area contributed by atoms with Crippen LogP contribution < -0.4 is 5.32 Å². The minimum absolute atomic E-state index is 0.503. The van der Waals surface area contributed by atoms with Gasteiger partial charge in [0, 0.05) is 16.9 Å². The van der Waals surface area contributed by atoms with E-state index in [1.807, 2.05) is 0 Å². The molecular formula is C12H19N2O+. The van der Waals surface area contributed by atoms with E-state index in [2.05, 4.69) is 17.6 Å². The first-order valence-corrected chi connectivity index (χ1v) is 6.19. The Morgan fingerprint density at radius 3 is 2.93 bits per heavy atom. The second kappa shape index (κ2) is 3.62. The lowest BCUT2D eigenvalue weighted by atomic mass is 9.73. The molecule has 3 nitrogen and oxygen atoms in total. The number of hydrogen-bond donors (Lipinski definition) is 1. The number of hydrogen-bond acceptors (Lipinski definition) is 2. The van der Waals surface area contributed by atoms with Crippen molar-refractivity contribution in [3.8, 4) is 0 Å². The molecule has 2 fully saturated rings. The molecule has 0 aromatic rings. The minimum atomic E-state index is 0.503. The largest absolute Gasteiger partial charge is 0.388 e. The van der Waals surface area contributed by atoms with Crippen LogP contribution in [0.1, 0.15) is 25.7 Å². The Morgan fingerprint density at radius 2 is 2.00 bits per heavy atom. The van der Waals surface area contributed by atoms with Gasteiger partial charge in [0.2, 0.25) is 0 Å². The second-order valence-corrected chi connectivity index (χ2v) is 5.26. The van der Waals surface area contributed by atoms with Crippen molar-refractivity contribution in [2.24, 2.45) is 17.8 Å². The van der Waals surface area contributed by atoms with Crippen LogP contribution in [0.5, 0.6) is 0 Å². The van der Waals surface area contributed by atoms with Gasteiger partial charge in [-0.1, -0.05) is 18.9 Å². The summed E-state index contributed by atoms with van der Waals surface area (Å²) >= 11 is 0. The maximum Gasteiger partial charge on any atom is 0.198 e. The highest BCUT2D eigenvalue weighted by atomic mass is 16.3. The summed E-state index contributed by atoms with van der Waals surface area (Å²) in [6, 6.07) is 0.636. The van der Waals surface area contributed by atoms with Gasteiger partial charge in [-0.15, -0.1) is 0 Å². The van der Waals surface area contributed by atoms with Crippen LogP contribution in [0.2, 0.25) is 0 Å². The van der Waals surface area contributed by atoms with E-state index in [9.17, 15) is 4.91 Å². The summed E-state index contributed by atoms with van der Waals surface area (Å²) in [5, 5.41) is 3.53. The van der Waals surface area contributed by atoms with E-state index < -0.39 is 0 Å². The molecule has 3 aliphatic rings. The van der Waals surface area contributed by atoms with Crippen molar-refractivity contribution in [1.82, 2.24) is 5.32 Å². The molecule has 2 aliphatic heterocycles. The highest BCUT2D eigenvalue weighted by Gasteiger charge is 2.46. The number of fused-ring (bicyclic) bond motifs is 3. The summed E-state index contributed by atoms with van der Waals surface area (Å²) in [7, 11) is 0. The fraction of sp³-hybridized carbons (Fsp3) is 0.833. The van der Waals surface area contributed by atoms with E-state index in [-0.39, 0.29) is 0 Å². The molecular weight excluding hydrogens is 188 g/mol. The molecule has 1 saturated carbocycles. The van der Waals surface area contributed by atoms with Crippen LogP contribution in [-0.4, -0.2) is 23.9 Å².